The molecule has 0 unspecified atom stereocenters. The van der Waals surface area contributed by atoms with E-state index < -0.39 is 34.6 Å². The maximum Gasteiger partial charge on any atom is 0.244 e. The van der Waals surface area contributed by atoms with E-state index in [1.807, 2.05) is 24.3 Å². The minimum atomic E-state index is -3.94. The third-order valence-electron chi connectivity index (χ3n) is 5.80. The first-order valence-corrected chi connectivity index (χ1v) is 11.3. The van der Waals surface area contributed by atoms with Crippen LogP contribution in [-0.4, -0.2) is 36.5 Å². The van der Waals surface area contributed by atoms with Gasteiger partial charge in [0, 0.05) is 5.92 Å². The molecule has 1 aliphatic heterocycles. The van der Waals surface area contributed by atoms with E-state index >= 15 is 0 Å². The highest BCUT2D eigenvalue weighted by atomic mass is 32.2. The van der Waals surface area contributed by atoms with Gasteiger partial charge in [-0.25, -0.2) is 12.8 Å². The zero-order chi connectivity index (χ0) is 22.2. The molecule has 158 valence electrons. The summed E-state index contributed by atoms with van der Waals surface area (Å²) in [6.07, 6.45) is 0. The Bertz CT molecular complexity index is 1240. The number of sulfonamides is 1. The third-order valence-corrected chi connectivity index (χ3v) is 7.86. The maximum absolute atomic E-state index is 13.3. The van der Waals surface area contributed by atoms with Crippen molar-refractivity contribution in [3.63, 3.8) is 0 Å². The number of aliphatic hydroxyl groups excluding tert-OH is 1. The Kier molecular flexibility index (Phi) is 5.63. The number of rotatable bonds is 5. The van der Waals surface area contributed by atoms with Crippen LogP contribution in [0.2, 0.25) is 0 Å². The molecule has 0 saturated carbocycles. The lowest BCUT2D eigenvalue weighted by Gasteiger charge is -2.50. The van der Waals surface area contributed by atoms with Crippen LogP contribution in [-0.2, 0) is 10.0 Å². The molecule has 3 aromatic rings. The Balaban J connectivity index is 1.65. The Labute approximate surface area is 181 Å². The fraction of sp³-hybridized carbons (Fsp3) is 0.208. The van der Waals surface area contributed by atoms with Gasteiger partial charge in [-0.15, -0.1) is 0 Å². The Morgan fingerprint density at radius 1 is 1.00 bits per heavy atom. The van der Waals surface area contributed by atoms with Gasteiger partial charge in [0.15, 0.2) is 0 Å². The molecule has 4 rings (SSSR count). The minimum absolute atomic E-state index is 0.138. The minimum Gasteiger partial charge on any atom is -0.395 e. The molecule has 0 amide bonds. The van der Waals surface area contributed by atoms with E-state index in [-0.39, 0.29) is 10.7 Å². The molecule has 31 heavy (non-hydrogen) atoms. The van der Waals surface area contributed by atoms with Crippen LogP contribution in [0.3, 0.4) is 0 Å². The lowest BCUT2D eigenvalue weighted by atomic mass is 9.78. The molecule has 1 heterocycles. The summed E-state index contributed by atoms with van der Waals surface area (Å²) in [5.74, 6) is -0.761. The Morgan fingerprint density at radius 2 is 1.58 bits per heavy atom. The van der Waals surface area contributed by atoms with Gasteiger partial charge in [-0.3, -0.25) is 0 Å². The zero-order valence-electron chi connectivity index (χ0n) is 16.8. The molecular formula is C24H21FN2O3S. The number of halogens is 1. The molecule has 7 heteroatoms. The molecule has 0 spiro atoms. The smallest absolute Gasteiger partial charge is 0.244 e. The van der Waals surface area contributed by atoms with Gasteiger partial charge in [0.25, 0.3) is 0 Å². The molecule has 0 radical (unpaired) electrons. The second-order valence-corrected chi connectivity index (χ2v) is 9.39. The summed E-state index contributed by atoms with van der Waals surface area (Å²) in [5, 5.41) is 19.8. The van der Waals surface area contributed by atoms with Crippen LogP contribution in [0.25, 0.3) is 11.1 Å². The van der Waals surface area contributed by atoms with E-state index in [4.69, 9.17) is 0 Å². The summed E-state index contributed by atoms with van der Waals surface area (Å²) in [7, 11) is -3.94. The first-order valence-electron chi connectivity index (χ1n) is 9.84. The fourth-order valence-corrected chi connectivity index (χ4v) is 6.18. The van der Waals surface area contributed by atoms with Crippen LogP contribution in [0.1, 0.15) is 17.0 Å². The molecular weight excluding hydrogens is 415 g/mol. The van der Waals surface area contributed by atoms with Gasteiger partial charge in [0.05, 0.1) is 23.6 Å². The molecule has 1 saturated heterocycles. The van der Waals surface area contributed by atoms with Gasteiger partial charge in [-0.05, 0) is 47.4 Å². The van der Waals surface area contributed by atoms with Crippen LogP contribution in [0.15, 0.2) is 77.7 Å². The number of benzene rings is 3. The van der Waals surface area contributed by atoms with Crippen LogP contribution in [0.5, 0.6) is 0 Å². The van der Waals surface area contributed by atoms with E-state index in [9.17, 15) is 23.2 Å². The predicted molar refractivity (Wildman–Crippen MR) is 115 cm³/mol. The van der Waals surface area contributed by atoms with Gasteiger partial charge < -0.3 is 5.11 Å². The van der Waals surface area contributed by atoms with Crippen molar-refractivity contribution in [3.8, 4) is 17.2 Å². The number of aryl methyl sites for hydroxylation is 1. The van der Waals surface area contributed by atoms with Crippen molar-refractivity contribution in [1.82, 2.24) is 4.31 Å². The highest BCUT2D eigenvalue weighted by molar-refractivity contribution is 7.89. The molecule has 0 aromatic heterocycles. The SMILES string of the molecule is Cc1ccccc1S(=O)(=O)N1[C@H](C#N)[C@H](c2ccc(-c3ccc(F)cc3)cc2)[C@H]1CO. The summed E-state index contributed by atoms with van der Waals surface area (Å²) < 4.78 is 40.8. The van der Waals surface area contributed by atoms with Gasteiger partial charge >= 0.3 is 0 Å². The Morgan fingerprint density at radius 3 is 2.13 bits per heavy atom. The molecule has 5 nitrogen and oxygen atoms in total. The van der Waals surface area contributed by atoms with Crippen molar-refractivity contribution in [1.29, 1.82) is 5.26 Å². The summed E-state index contributed by atoms with van der Waals surface area (Å²) in [5.41, 5.74) is 3.08. The zero-order valence-corrected chi connectivity index (χ0v) is 17.6. The van der Waals surface area contributed by atoms with E-state index in [2.05, 4.69) is 6.07 Å². The molecule has 1 aliphatic rings. The predicted octanol–water partition coefficient (Wildman–Crippen LogP) is 3.84. The van der Waals surface area contributed by atoms with Gasteiger partial charge in [0.1, 0.15) is 11.9 Å². The van der Waals surface area contributed by atoms with Crippen molar-refractivity contribution in [2.45, 2.75) is 29.8 Å². The largest absolute Gasteiger partial charge is 0.395 e. The normalized spacial score (nSPS) is 21.3. The van der Waals surface area contributed by atoms with E-state index in [1.165, 1.54) is 18.2 Å². The quantitative estimate of drug-likeness (QED) is 0.659. The van der Waals surface area contributed by atoms with Crippen molar-refractivity contribution < 1.29 is 17.9 Å². The van der Waals surface area contributed by atoms with Crippen LogP contribution in [0.4, 0.5) is 4.39 Å². The van der Waals surface area contributed by atoms with Crippen LogP contribution >= 0.6 is 0 Å². The standard InChI is InChI=1S/C24H21FN2O3S/c1-16-4-2-3-5-23(16)31(29,30)27-21(14-26)24(22(27)15-28)19-8-6-17(7-9-19)18-10-12-20(25)13-11-18/h2-13,21-22,24,28H,15H2,1H3/t21-,22-,24+/m1/s1. The highest BCUT2D eigenvalue weighted by Crippen LogP contribution is 2.44. The van der Waals surface area contributed by atoms with Crippen LogP contribution < -0.4 is 0 Å². The molecule has 3 atom stereocenters. The molecule has 3 aromatic carbocycles. The summed E-state index contributed by atoms with van der Waals surface area (Å²) in [4.78, 5) is 0.138. The van der Waals surface area contributed by atoms with Crippen LogP contribution in [0, 0.1) is 24.1 Å². The Hall–Kier alpha value is -3.05. The topological polar surface area (TPSA) is 81.4 Å². The number of hydrogen-bond donors (Lipinski definition) is 1. The van der Waals surface area contributed by atoms with Gasteiger partial charge in [0.2, 0.25) is 10.0 Å². The average molecular weight is 437 g/mol. The maximum atomic E-state index is 13.3. The second kappa shape index (κ2) is 8.23. The summed E-state index contributed by atoms with van der Waals surface area (Å²) in [6, 6.07) is 20.6. The van der Waals surface area contributed by atoms with Crippen molar-refractivity contribution in [3.05, 3.63) is 89.7 Å². The van der Waals surface area contributed by atoms with Crippen molar-refractivity contribution in [2.75, 3.05) is 6.61 Å². The molecule has 0 bridgehead atoms. The van der Waals surface area contributed by atoms with E-state index in [0.29, 0.717) is 5.56 Å². The molecule has 1 fully saturated rings. The highest BCUT2D eigenvalue weighted by Gasteiger charge is 2.55. The average Bonchev–Trinajstić information content (AvgIpc) is 2.75. The monoisotopic (exact) mass is 436 g/mol. The van der Waals surface area contributed by atoms with E-state index in [1.54, 1.807) is 37.3 Å². The summed E-state index contributed by atoms with van der Waals surface area (Å²) in [6.45, 7) is 1.31. The first-order chi connectivity index (χ1) is 14.9. The van der Waals surface area contributed by atoms with Gasteiger partial charge in [-0.2, -0.15) is 9.57 Å². The number of hydrogen-bond acceptors (Lipinski definition) is 4. The molecule has 0 aliphatic carbocycles. The number of nitrogens with zero attached hydrogens (tertiary/aromatic N) is 2. The first kappa shape index (κ1) is 21.2. The second-order valence-electron chi connectivity index (χ2n) is 7.58. The lowest BCUT2D eigenvalue weighted by molar-refractivity contribution is 0.0556. The van der Waals surface area contributed by atoms with Crippen molar-refractivity contribution in [2.24, 2.45) is 0 Å². The third kappa shape index (κ3) is 3.63. The molecule has 1 N–H and O–H groups in total. The van der Waals surface area contributed by atoms with E-state index in [0.717, 1.165) is 21.0 Å². The van der Waals surface area contributed by atoms with Gasteiger partial charge in [-0.1, -0.05) is 54.6 Å². The van der Waals surface area contributed by atoms with Crippen molar-refractivity contribution >= 4 is 10.0 Å². The lowest BCUT2D eigenvalue weighted by Crippen LogP contribution is -2.65. The number of nitriles is 1. The fourth-order valence-electron chi connectivity index (χ4n) is 4.19. The number of aliphatic hydroxyl groups is 1. The summed E-state index contributed by atoms with van der Waals surface area (Å²) >= 11 is 0.